The average Bonchev–Trinajstić information content (AvgIpc) is 2.67. The summed E-state index contributed by atoms with van der Waals surface area (Å²) in [4.78, 5) is 25.3. The Hall–Kier alpha value is -3.20. The zero-order valence-electron chi connectivity index (χ0n) is 16.7. The van der Waals surface area contributed by atoms with Crippen LogP contribution in [0.1, 0.15) is 58.2 Å². The minimum Gasteiger partial charge on any atom is -0.322 e. The fraction of sp³-hybridized carbons (Fsp3) is 0.200. The Morgan fingerprint density at radius 3 is 1.96 bits per heavy atom. The normalized spacial score (nSPS) is 11.1. The van der Waals surface area contributed by atoms with Gasteiger partial charge in [-0.1, -0.05) is 74.9 Å². The highest BCUT2D eigenvalue weighted by Crippen LogP contribution is 2.23. The van der Waals surface area contributed by atoms with Gasteiger partial charge in [-0.05, 0) is 42.2 Å². The lowest BCUT2D eigenvalue weighted by molar-refractivity contribution is 0.102. The molecule has 0 fully saturated rings. The van der Waals surface area contributed by atoms with Crippen molar-refractivity contribution in [1.29, 1.82) is 0 Å². The fourth-order valence-electron chi connectivity index (χ4n) is 2.93. The number of nitrogens with one attached hydrogen (secondary N) is 1. The quantitative estimate of drug-likeness (QED) is 0.591. The molecule has 0 aliphatic carbocycles. The molecule has 0 unspecified atom stereocenters. The highest BCUT2D eigenvalue weighted by Gasteiger charge is 2.15. The minimum absolute atomic E-state index is 0.0434. The molecule has 1 N–H and O–H groups in total. The average molecular weight is 371 g/mol. The number of rotatable bonds is 4. The van der Waals surface area contributed by atoms with E-state index in [1.54, 1.807) is 36.4 Å². The molecule has 3 aromatic carbocycles. The topological polar surface area (TPSA) is 46.2 Å². The van der Waals surface area contributed by atoms with E-state index < -0.39 is 0 Å². The van der Waals surface area contributed by atoms with Crippen molar-refractivity contribution in [3.8, 4) is 0 Å². The first kappa shape index (κ1) is 19.6. The van der Waals surface area contributed by atoms with Crippen molar-refractivity contribution >= 4 is 17.4 Å². The smallest absolute Gasteiger partial charge is 0.255 e. The number of hydrogen-bond donors (Lipinski definition) is 1. The van der Waals surface area contributed by atoms with Crippen LogP contribution in [-0.4, -0.2) is 11.7 Å². The van der Waals surface area contributed by atoms with Gasteiger partial charge in [0.05, 0.1) is 0 Å². The van der Waals surface area contributed by atoms with E-state index in [0.717, 1.165) is 5.56 Å². The van der Waals surface area contributed by atoms with Crippen molar-refractivity contribution in [3.63, 3.8) is 0 Å². The number of benzene rings is 3. The monoisotopic (exact) mass is 371 g/mol. The summed E-state index contributed by atoms with van der Waals surface area (Å²) in [5.41, 5.74) is 4.69. The second-order valence-electron chi connectivity index (χ2n) is 8.06. The van der Waals surface area contributed by atoms with Gasteiger partial charge in [0.2, 0.25) is 0 Å². The molecule has 0 aliphatic rings. The van der Waals surface area contributed by atoms with Gasteiger partial charge in [-0.2, -0.15) is 0 Å². The molecule has 3 nitrogen and oxygen atoms in total. The number of ketones is 1. The van der Waals surface area contributed by atoms with Crippen LogP contribution in [0.25, 0.3) is 0 Å². The Morgan fingerprint density at radius 1 is 0.750 bits per heavy atom. The maximum absolute atomic E-state index is 12.8. The number of carbonyl (C=O) groups is 2. The maximum Gasteiger partial charge on any atom is 0.255 e. The first-order valence-electron chi connectivity index (χ1n) is 9.37. The van der Waals surface area contributed by atoms with E-state index in [2.05, 4.69) is 26.1 Å². The lowest BCUT2D eigenvalue weighted by Crippen LogP contribution is -2.13. The lowest BCUT2D eigenvalue weighted by Gasteiger charge is -2.19. The highest BCUT2D eigenvalue weighted by molar-refractivity contribution is 6.10. The van der Waals surface area contributed by atoms with Crippen LogP contribution < -0.4 is 5.32 Å². The van der Waals surface area contributed by atoms with Crippen LogP contribution >= 0.6 is 0 Å². The van der Waals surface area contributed by atoms with E-state index >= 15 is 0 Å². The zero-order valence-corrected chi connectivity index (χ0v) is 16.7. The number of amides is 1. The minimum atomic E-state index is -0.195. The molecule has 0 spiro atoms. The van der Waals surface area contributed by atoms with Gasteiger partial charge in [-0.15, -0.1) is 0 Å². The molecule has 0 saturated heterocycles. The van der Waals surface area contributed by atoms with E-state index in [0.29, 0.717) is 22.4 Å². The number of hydrogen-bond acceptors (Lipinski definition) is 2. The molecule has 28 heavy (non-hydrogen) atoms. The number of carbonyl (C=O) groups excluding carboxylic acids is 2. The van der Waals surface area contributed by atoms with Gasteiger partial charge in [0.25, 0.3) is 5.91 Å². The first-order chi connectivity index (χ1) is 13.2. The van der Waals surface area contributed by atoms with Gasteiger partial charge >= 0.3 is 0 Å². The van der Waals surface area contributed by atoms with Crippen LogP contribution in [0.2, 0.25) is 0 Å². The molecule has 142 valence electrons. The van der Waals surface area contributed by atoms with E-state index in [1.807, 2.05) is 43.3 Å². The van der Waals surface area contributed by atoms with E-state index in [-0.39, 0.29) is 17.1 Å². The van der Waals surface area contributed by atoms with Crippen LogP contribution in [0.4, 0.5) is 5.69 Å². The second-order valence-corrected chi connectivity index (χ2v) is 8.06. The summed E-state index contributed by atoms with van der Waals surface area (Å²) in [7, 11) is 0. The van der Waals surface area contributed by atoms with Crippen molar-refractivity contribution in [2.75, 3.05) is 5.32 Å². The van der Waals surface area contributed by atoms with Gasteiger partial charge in [-0.3, -0.25) is 9.59 Å². The molecular weight excluding hydrogens is 346 g/mol. The predicted octanol–water partition coefficient (Wildman–Crippen LogP) is 5.78. The Kier molecular flexibility index (Phi) is 5.46. The molecule has 0 aliphatic heterocycles. The van der Waals surface area contributed by atoms with Crippen LogP contribution in [0.5, 0.6) is 0 Å². The molecule has 1 amide bonds. The third-order valence-corrected chi connectivity index (χ3v) is 4.71. The van der Waals surface area contributed by atoms with Crippen LogP contribution in [0.15, 0.2) is 72.8 Å². The van der Waals surface area contributed by atoms with Crippen molar-refractivity contribution in [2.24, 2.45) is 0 Å². The molecular formula is C25H25NO2. The molecule has 3 heteroatoms. The number of aryl methyl sites for hydroxylation is 1. The van der Waals surface area contributed by atoms with Gasteiger partial charge < -0.3 is 5.32 Å². The molecule has 3 rings (SSSR count). The zero-order chi connectivity index (χ0) is 20.3. The molecule has 0 heterocycles. The predicted molar refractivity (Wildman–Crippen MR) is 114 cm³/mol. The summed E-state index contributed by atoms with van der Waals surface area (Å²) in [5, 5.41) is 2.86. The third-order valence-electron chi connectivity index (χ3n) is 4.71. The van der Waals surface area contributed by atoms with Crippen molar-refractivity contribution in [1.82, 2.24) is 0 Å². The fourth-order valence-corrected chi connectivity index (χ4v) is 2.93. The third kappa shape index (κ3) is 4.55. The molecule has 0 aromatic heterocycles. The second kappa shape index (κ2) is 7.81. The molecule has 3 aromatic rings. The summed E-state index contributed by atoms with van der Waals surface area (Å²) in [6.07, 6.45) is 0. The summed E-state index contributed by atoms with van der Waals surface area (Å²) >= 11 is 0. The van der Waals surface area contributed by atoms with Crippen LogP contribution in [0.3, 0.4) is 0 Å². The van der Waals surface area contributed by atoms with E-state index in [1.165, 1.54) is 5.56 Å². The van der Waals surface area contributed by atoms with Crippen LogP contribution in [-0.2, 0) is 5.41 Å². The van der Waals surface area contributed by atoms with E-state index in [4.69, 9.17) is 0 Å². The lowest BCUT2D eigenvalue weighted by atomic mass is 9.86. The van der Waals surface area contributed by atoms with Crippen molar-refractivity contribution in [2.45, 2.75) is 33.1 Å². The standard InChI is InChI=1S/C25H25NO2/c1-17-8-10-19(11-9-17)24(28)26-22-7-5-6-20(16-22)23(27)18-12-14-21(15-13-18)25(2,3)4/h5-16H,1-4H3,(H,26,28). The Morgan fingerprint density at radius 2 is 1.36 bits per heavy atom. The molecule has 0 saturated carbocycles. The molecule has 0 radical (unpaired) electrons. The summed E-state index contributed by atoms with van der Waals surface area (Å²) in [6, 6.07) is 22.1. The summed E-state index contributed by atoms with van der Waals surface area (Å²) in [6.45, 7) is 8.41. The maximum atomic E-state index is 12.8. The van der Waals surface area contributed by atoms with Crippen LogP contribution in [0, 0.1) is 6.92 Å². The van der Waals surface area contributed by atoms with Gasteiger partial charge in [0.15, 0.2) is 5.78 Å². The Bertz CT molecular complexity index is 994. The Labute approximate surface area is 166 Å². The largest absolute Gasteiger partial charge is 0.322 e. The van der Waals surface area contributed by atoms with Gasteiger partial charge in [0.1, 0.15) is 0 Å². The summed E-state index contributed by atoms with van der Waals surface area (Å²) < 4.78 is 0. The first-order valence-corrected chi connectivity index (χ1v) is 9.37. The SMILES string of the molecule is Cc1ccc(C(=O)Nc2cccc(C(=O)c3ccc(C(C)(C)C)cc3)c2)cc1. The summed E-state index contributed by atoms with van der Waals surface area (Å²) in [5.74, 6) is -0.258. The number of anilines is 1. The molecule has 0 bridgehead atoms. The van der Waals surface area contributed by atoms with Gasteiger partial charge in [-0.25, -0.2) is 0 Å². The van der Waals surface area contributed by atoms with Crippen molar-refractivity contribution in [3.05, 3.63) is 101 Å². The Balaban J connectivity index is 1.78. The van der Waals surface area contributed by atoms with Crippen molar-refractivity contribution < 1.29 is 9.59 Å². The molecule has 0 atom stereocenters. The van der Waals surface area contributed by atoms with E-state index in [9.17, 15) is 9.59 Å². The highest BCUT2D eigenvalue weighted by atomic mass is 16.1. The van der Waals surface area contributed by atoms with Gasteiger partial charge in [0, 0.05) is 22.4 Å².